The molecule has 10 heteroatoms. The van der Waals surface area contributed by atoms with E-state index in [4.69, 9.17) is 15.2 Å². The van der Waals surface area contributed by atoms with E-state index in [1.807, 2.05) is 18.2 Å². The second kappa shape index (κ2) is 12.5. The van der Waals surface area contributed by atoms with E-state index in [-0.39, 0.29) is 28.2 Å². The molecule has 0 unspecified atom stereocenters. The third-order valence-corrected chi connectivity index (χ3v) is 10.6. The molecule has 2 aromatic carbocycles. The van der Waals surface area contributed by atoms with Gasteiger partial charge >= 0.3 is 0 Å². The number of rotatable bonds is 10. The van der Waals surface area contributed by atoms with Gasteiger partial charge in [-0.15, -0.1) is 0 Å². The Balaban J connectivity index is 1.60. The number of phenolic OH excluding ortho intramolecular Hbond substituents is 1. The summed E-state index contributed by atoms with van der Waals surface area (Å²) < 4.78 is 11.9. The molecule has 3 aliphatic rings. The minimum Gasteiger partial charge on any atom is -0.510 e. The van der Waals surface area contributed by atoms with Gasteiger partial charge in [-0.3, -0.25) is 24.2 Å². The lowest BCUT2D eigenvalue weighted by Gasteiger charge is -2.52. The number of carbonyl (C=O) groups excluding carboxylic acids is 3. The van der Waals surface area contributed by atoms with Gasteiger partial charge in [0.25, 0.3) is 5.91 Å². The van der Waals surface area contributed by atoms with Crippen LogP contribution in [0, 0.1) is 17.3 Å². The fraction of sp³-hybridized carbons (Fsp3) is 0.486. The number of aromatic hydroxyl groups is 1. The fourth-order valence-electron chi connectivity index (χ4n) is 8.39. The first-order chi connectivity index (χ1) is 22.1. The molecule has 0 aromatic heterocycles. The lowest BCUT2D eigenvalue weighted by atomic mass is 9.54. The zero-order valence-corrected chi connectivity index (χ0v) is 28.6. The molecule has 10 nitrogen and oxygen atoms in total. The molecule has 5 rings (SSSR count). The molecule has 4 N–H and O–H groups in total. The summed E-state index contributed by atoms with van der Waals surface area (Å²) in [6.07, 6.45) is 0.693. The van der Waals surface area contributed by atoms with Gasteiger partial charge < -0.3 is 25.4 Å². The second-order valence-corrected chi connectivity index (χ2v) is 14.1. The van der Waals surface area contributed by atoms with Crippen LogP contribution >= 0.6 is 0 Å². The highest BCUT2D eigenvalue weighted by Gasteiger charge is 2.61. The molecule has 0 fully saturated rings. The number of ketones is 2. The van der Waals surface area contributed by atoms with Crippen LogP contribution in [0.1, 0.15) is 61.2 Å². The number of phenols is 1. The molecule has 0 heterocycles. The average Bonchev–Trinajstić information content (AvgIpc) is 3.01. The van der Waals surface area contributed by atoms with Crippen LogP contribution in [0.5, 0.6) is 11.5 Å². The molecule has 252 valence electrons. The van der Waals surface area contributed by atoms with Crippen molar-refractivity contribution in [3.63, 3.8) is 0 Å². The third-order valence-electron chi connectivity index (χ3n) is 10.6. The predicted octanol–water partition coefficient (Wildman–Crippen LogP) is 4.29. The molecule has 0 saturated heterocycles. The van der Waals surface area contributed by atoms with Gasteiger partial charge in [0.2, 0.25) is 0 Å². The average molecular weight is 646 g/mol. The summed E-state index contributed by atoms with van der Waals surface area (Å²) in [5, 5.41) is 22.7. The maximum atomic E-state index is 14.4. The number of amides is 1. The molecular weight excluding hydrogens is 598 g/mol. The van der Waals surface area contributed by atoms with Crippen molar-refractivity contribution in [1.29, 1.82) is 0 Å². The maximum Gasteiger partial charge on any atom is 0.255 e. The molecule has 47 heavy (non-hydrogen) atoms. The van der Waals surface area contributed by atoms with E-state index in [9.17, 15) is 24.6 Å². The van der Waals surface area contributed by atoms with Gasteiger partial charge in [0.15, 0.2) is 11.6 Å². The Morgan fingerprint density at radius 1 is 1.11 bits per heavy atom. The molecule has 0 aliphatic heterocycles. The minimum atomic E-state index is -1.45. The summed E-state index contributed by atoms with van der Waals surface area (Å²) in [7, 11) is 6.49. The van der Waals surface area contributed by atoms with Crippen molar-refractivity contribution >= 4 is 17.5 Å². The van der Waals surface area contributed by atoms with Crippen LogP contribution in [0.3, 0.4) is 0 Å². The van der Waals surface area contributed by atoms with E-state index in [1.165, 1.54) is 12.7 Å². The first-order valence-corrected chi connectivity index (χ1v) is 16.1. The van der Waals surface area contributed by atoms with E-state index in [1.54, 1.807) is 39.1 Å². The lowest BCUT2D eigenvalue weighted by Crippen LogP contribution is -2.58. The van der Waals surface area contributed by atoms with Crippen molar-refractivity contribution in [2.45, 2.75) is 58.5 Å². The van der Waals surface area contributed by atoms with Crippen LogP contribution < -0.4 is 10.5 Å². The highest BCUT2D eigenvalue weighted by atomic mass is 16.5. The van der Waals surface area contributed by atoms with Gasteiger partial charge in [0.1, 0.15) is 28.6 Å². The summed E-state index contributed by atoms with van der Waals surface area (Å²) in [6.45, 7) is 10.2. The zero-order valence-electron chi connectivity index (χ0n) is 28.6. The van der Waals surface area contributed by atoms with Gasteiger partial charge in [-0.1, -0.05) is 51.1 Å². The number of methoxy groups -OCH3 is 2. The van der Waals surface area contributed by atoms with Crippen molar-refractivity contribution in [2.24, 2.45) is 23.0 Å². The van der Waals surface area contributed by atoms with E-state index in [2.05, 4.69) is 37.8 Å². The monoisotopic (exact) mass is 645 g/mol. The van der Waals surface area contributed by atoms with Crippen molar-refractivity contribution < 1.29 is 34.1 Å². The summed E-state index contributed by atoms with van der Waals surface area (Å²) in [4.78, 5) is 44.9. The molecule has 0 radical (unpaired) electrons. The molecule has 2 aromatic rings. The molecule has 1 amide bonds. The number of carbonyl (C=O) groups is 3. The number of fused-ring (bicyclic) bond motifs is 3. The highest BCUT2D eigenvalue weighted by molar-refractivity contribution is 6.23. The standard InChI is InChI=1S/C37H47N3O7/c1-9-40(19-36(2,3)22-13-11-10-12-14-22)18-21-17-25(41)27-23(32(21)46-7)15-20-16-24-29(39(5)6)31(43)28(35(38)45)33(44)37(24,4)34(47-8)26(20)30(27)42/h10-14,17,20,24,29,41,43H,9,15-16,18-19H2,1-8H3,(H2,38,45)/t20-,24-,29-,37-/m0/s1. The Morgan fingerprint density at radius 3 is 2.32 bits per heavy atom. The van der Waals surface area contributed by atoms with Crippen molar-refractivity contribution in [3.8, 4) is 11.5 Å². The van der Waals surface area contributed by atoms with E-state index < -0.39 is 46.3 Å². The molecule has 3 aliphatic carbocycles. The number of ether oxygens (including phenoxy) is 2. The topological polar surface area (TPSA) is 143 Å². The van der Waals surface area contributed by atoms with Gasteiger partial charge in [-0.05, 0) is 58.0 Å². The number of likely N-dealkylation sites (N-methyl/N-ethyl adjacent to an activating group) is 2. The highest BCUT2D eigenvalue weighted by Crippen LogP contribution is 2.58. The van der Waals surface area contributed by atoms with Crippen LogP contribution in [0.2, 0.25) is 0 Å². The van der Waals surface area contributed by atoms with Crippen LogP contribution in [0.15, 0.2) is 59.1 Å². The first-order valence-electron chi connectivity index (χ1n) is 16.1. The SMILES string of the molecule is CCN(Cc1cc(O)c2c(c1OC)C[C@H]1C[C@H]3[C@H](N(C)C)C(O)=C(C(N)=O)C(=O)[C@@]3(C)C(OC)=C1C2=O)CC(C)(C)c1ccccc1. The maximum absolute atomic E-state index is 14.4. The number of hydrogen-bond donors (Lipinski definition) is 3. The van der Waals surface area contributed by atoms with Crippen molar-refractivity contribution in [2.75, 3.05) is 41.4 Å². The lowest BCUT2D eigenvalue weighted by molar-refractivity contribution is -0.134. The van der Waals surface area contributed by atoms with Crippen molar-refractivity contribution in [3.05, 3.63) is 81.3 Å². The third kappa shape index (κ3) is 5.41. The summed E-state index contributed by atoms with van der Waals surface area (Å²) in [5.74, 6) is -2.94. The van der Waals surface area contributed by atoms with Crippen LogP contribution in [-0.4, -0.2) is 84.9 Å². The number of hydrogen-bond acceptors (Lipinski definition) is 9. The second-order valence-electron chi connectivity index (χ2n) is 14.1. The summed E-state index contributed by atoms with van der Waals surface area (Å²) in [5.41, 5.74) is 6.55. The normalized spacial score (nSPS) is 24.3. The summed E-state index contributed by atoms with van der Waals surface area (Å²) >= 11 is 0. The molecule has 0 saturated carbocycles. The number of Topliss-reactive ketones (excluding diaryl/α,β-unsaturated/α-hetero) is 2. The molecular formula is C37H47N3O7. The fourth-order valence-corrected chi connectivity index (χ4v) is 8.39. The predicted molar refractivity (Wildman–Crippen MR) is 178 cm³/mol. The smallest absolute Gasteiger partial charge is 0.255 e. The Bertz CT molecular complexity index is 1680. The number of nitrogens with two attached hydrogens (primary N) is 1. The summed E-state index contributed by atoms with van der Waals surface area (Å²) in [6, 6.07) is 11.2. The zero-order chi connectivity index (χ0) is 34.6. The Morgan fingerprint density at radius 2 is 1.77 bits per heavy atom. The first kappa shape index (κ1) is 34.2. The molecule has 0 spiro atoms. The van der Waals surface area contributed by atoms with Crippen molar-refractivity contribution in [1.82, 2.24) is 9.80 Å². The minimum absolute atomic E-state index is 0.127. The quantitative estimate of drug-likeness (QED) is 0.323. The van der Waals surface area contributed by atoms with Gasteiger partial charge in [0.05, 0.1) is 31.2 Å². The number of primary amides is 1. The Labute approximate surface area is 276 Å². The largest absolute Gasteiger partial charge is 0.510 e. The van der Waals surface area contributed by atoms with Crippen LogP contribution in [-0.2, 0) is 32.7 Å². The van der Waals surface area contributed by atoms with E-state index in [0.717, 1.165) is 18.7 Å². The molecule has 4 atom stereocenters. The number of allylic oxidation sites excluding steroid dienone is 2. The van der Waals surface area contributed by atoms with Gasteiger partial charge in [0, 0.05) is 41.1 Å². The van der Waals surface area contributed by atoms with Crippen LogP contribution in [0.25, 0.3) is 0 Å². The van der Waals surface area contributed by atoms with E-state index >= 15 is 0 Å². The van der Waals surface area contributed by atoms with Gasteiger partial charge in [-0.25, -0.2) is 0 Å². The van der Waals surface area contributed by atoms with Crippen LogP contribution in [0.4, 0.5) is 0 Å². The number of aliphatic hydroxyl groups excluding tert-OH is 1. The molecule has 0 bridgehead atoms. The number of nitrogens with zero attached hydrogens (tertiary/aromatic N) is 2. The Kier molecular flexibility index (Phi) is 9.07. The van der Waals surface area contributed by atoms with Gasteiger partial charge in [-0.2, -0.15) is 0 Å². The Hall–Kier alpha value is -4.15. The number of benzene rings is 2. The number of aliphatic hydroxyl groups is 1. The van der Waals surface area contributed by atoms with E-state index in [0.29, 0.717) is 36.3 Å².